The molecule has 2 heterocycles. The fourth-order valence-corrected chi connectivity index (χ4v) is 4.22. The van der Waals surface area contributed by atoms with Crippen molar-refractivity contribution in [2.45, 2.75) is 38.6 Å². The third kappa shape index (κ3) is 4.31. The van der Waals surface area contributed by atoms with E-state index in [-0.39, 0.29) is 18.7 Å². The van der Waals surface area contributed by atoms with E-state index in [0.717, 1.165) is 18.4 Å². The molecule has 2 aromatic carbocycles. The molecule has 2 atom stereocenters. The Bertz CT molecular complexity index is 959. The summed E-state index contributed by atoms with van der Waals surface area (Å²) in [7, 11) is 1.60. The highest BCUT2D eigenvalue weighted by Gasteiger charge is 2.42. The summed E-state index contributed by atoms with van der Waals surface area (Å²) < 4.78 is 22.0. The van der Waals surface area contributed by atoms with Crippen LogP contribution >= 0.6 is 0 Å². The SMILES string of the molecule is CCCCN1C(=O)CC[C@H](C(=O)Oc2ccc3c(c2)OCO3)[C@H]1c1ccccc1OC. The molecule has 1 amide bonds. The van der Waals surface area contributed by atoms with Gasteiger partial charge in [-0.3, -0.25) is 9.59 Å². The molecule has 31 heavy (non-hydrogen) atoms. The summed E-state index contributed by atoms with van der Waals surface area (Å²) in [6.07, 6.45) is 2.56. The highest BCUT2D eigenvalue weighted by Crippen LogP contribution is 2.42. The molecule has 0 aliphatic carbocycles. The van der Waals surface area contributed by atoms with Crippen LogP contribution < -0.4 is 18.9 Å². The topological polar surface area (TPSA) is 74.3 Å². The Kier molecular flexibility index (Phi) is 6.30. The summed E-state index contributed by atoms with van der Waals surface area (Å²) in [5.74, 6) is 1.40. The number of hydrogen-bond acceptors (Lipinski definition) is 6. The molecule has 7 nitrogen and oxygen atoms in total. The number of benzene rings is 2. The maximum atomic E-state index is 13.3. The molecule has 7 heteroatoms. The van der Waals surface area contributed by atoms with Gasteiger partial charge < -0.3 is 23.8 Å². The number of nitrogens with zero attached hydrogens (tertiary/aromatic N) is 1. The standard InChI is InChI=1S/C24H27NO6/c1-3-4-13-25-22(26)12-10-18(23(25)17-7-5-6-8-19(17)28-2)24(27)31-16-9-11-20-21(14-16)30-15-29-20/h5-9,11,14,18,23H,3-4,10,12-13,15H2,1-2H3/t18-,23+/m0/s1. The normalized spacial score (nSPS) is 19.9. The van der Waals surface area contributed by atoms with Crippen molar-refractivity contribution < 1.29 is 28.5 Å². The second-order valence-electron chi connectivity index (χ2n) is 7.71. The first-order valence-electron chi connectivity index (χ1n) is 10.7. The maximum Gasteiger partial charge on any atom is 0.316 e. The van der Waals surface area contributed by atoms with E-state index in [1.165, 1.54) is 0 Å². The largest absolute Gasteiger partial charge is 0.496 e. The second-order valence-corrected chi connectivity index (χ2v) is 7.71. The Morgan fingerprint density at radius 1 is 1.16 bits per heavy atom. The number of rotatable bonds is 7. The summed E-state index contributed by atoms with van der Waals surface area (Å²) in [6.45, 7) is 2.82. The lowest BCUT2D eigenvalue weighted by Crippen LogP contribution is -2.46. The number of unbranched alkanes of at least 4 members (excludes halogenated alkanes) is 1. The van der Waals surface area contributed by atoms with Crippen molar-refractivity contribution in [2.75, 3.05) is 20.4 Å². The van der Waals surface area contributed by atoms with Crippen molar-refractivity contribution in [1.29, 1.82) is 0 Å². The molecule has 1 fully saturated rings. The summed E-state index contributed by atoms with van der Waals surface area (Å²) in [5, 5.41) is 0. The zero-order valence-corrected chi connectivity index (χ0v) is 17.8. The van der Waals surface area contributed by atoms with E-state index in [2.05, 4.69) is 6.92 Å². The molecule has 164 valence electrons. The average molecular weight is 425 g/mol. The number of esters is 1. The van der Waals surface area contributed by atoms with Crippen LogP contribution in [-0.2, 0) is 9.59 Å². The van der Waals surface area contributed by atoms with E-state index in [4.69, 9.17) is 18.9 Å². The summed E-state index contributed by atoms with van der Waals surface area (Å²) in [5.41, 5.74) is 0.821. The van der Waals surface area contributed by atoms with Gasteiger partial charge in [0.15, 0.2) is 11.5 Å². The van der Waals surface area contributed by atoms with Crippen LogP contribution in [0.2, 0.25) is 0 Å². The number of hydrogen-bond donors (Lipinski definition) is 0. The van der Waals surface area contributed by atoms with Gasteiger partial charge in [0.05, 0.1) is 19.1 Å². The molecule has 0 unspecified atom stereocenters. The minimum atomic E-state index is -0.503. The molecule has 1 saturated heterocycles. The molecule has 2 aliphatic heterocycles. The first kappa shape index (κ1) is 21.0. The summed E-state index contributed by atoms with van der Waals surface area (Å²) in [4.78, 5) is 28.0. The number of methoxy groups -OCH3 is 1. The zero-order valence-electron chi connectivity index (χ0n) is 17.8. The van der Waals surface area contributed by atoms with Crippen LogP contribution in [0.3, 0.4) is 0 Å². The molecule has 0 spiro atoms. The highest BCUT2D eigenvalue weighted by molar-refractivity contribution is 5.83. The lowest BCUT2D eigenvalue weighted by atomic mass is 9.83. The molecule has 0 aromatic heterocycles. The van der Waals surface area contributed by atoms with Crippen LogP contribution in [0.4, 0.5) is 0 Å². The maximum absolute atomic E-state index is 13.3. The van der Waals surface area contributed by atoms with Crippen molar-refractivity contribution in [2.24, 2.45) is 5.92 Å². The highest BCUT2D eigenvalue weighted by atomic mass is 16.7. The quantitative estimate of drug-likeness (QED) is 0.491. The van der Waals surface area contributed by atoms with Crippen LogP contribution in [0.1, 0.15) is 44.2 Å². The molecule has 2 aliphatic rings. The van der Waals surface area contributed by atoms with E-state index in [1.807, 2.05) is 29.2 Å². The first-order chi connectivity index (χ1) is 15.1. The monoisotopic (exact) mass is 425 g/mol. The summed E-state index contributed by atoms with van der Waals surface area (Å²) >= 11 is 0. The number of likely N-dealkylation sites (tertiary alicyclic amines) is 1. The van der Waals surface area contributed by atoms with Gasteiger partial charge in [0.1, 0.15) is 11.5 Å². The van der Waals surface area contributed by atoms with Gasteiger partial charge in [0.2, 0.25) is 12.7 Å². The van der Waals surface area contributed by atoms with Gasteiger partial charge in [-0.25, -0.2) is 0 Å². The van der Waals surface area contributed by atoms with Crippen LogP contribution in [0, 0.1) is 5.92 Å². The lowest BCUT2D eigenvalue weighted by Gasteiger charge is -2.40. The predicted octanol–water partition coefficient (Wildman–Crippen LogP) is 4.11. The summed E-state index contributed by atoms with van der Waals surface area (Å²) in [6, 6.07) is 12.2. The van der Waals surface area contributed by atoms with Gasteiger partial charge in [0.25, 0.3) is 0 Å². The smallest absolute Gasteiger partial charge is 0.316 e. The fourth-order valence-electron chi connectivity index (χ4n) is 4.22. The van der Waals surface area contributed by atoms with E-state index < -0.39 is 12.0 Å². The van der Waals surface area contributed by atoms with Gasteiger partial charge in [0, 0.05) is 24.6 Å². The average Bonchev–Trinajstić information content (AvgIpc) is 3.26. The Balaban J connectivity index is 1.64. The van der Waals surface area contributed by atoms with E-state index in [1.54, 1.807) is 25.3 Å². The molecule has 2 aromatic rings. The first-order valence-corrected chi connectivity index (χ1v) is 10.7. The minimum Gasteiger partial charge on any atom is -0.496 e. The Morgan fingerprint density at radius 2 is 1.97 bits per heavy atom. The van der Waals surface area contributed by atoms with Gasteiger partial charge in [-0.05, 0) is 31.0 Å². The number of ether oxygens (including phenoxy) is 4. The van der Waals surface area contributed by atoms with E-state index in [0.29, 0.717) is 42.4 Å². The van der Waals surface area contributed by atoms with Crippen LogP contribution in [0.25, 0.3) is 0 Å². The minimum absolute atomic E-state index is 0.0523. The predicted molar refractivity (Wildman–Crippen MR) is 113 cm³/mol. The molecular formula is C24H27NO6. The second kappa shape index (κ2) is 9.29. The van der Waals surface area contributed by atoms with Crippen molar-refractivity contribution in [1.82, 2.24) is 4.90 Å². The molecule has 0 saturated carbocycles. The Hall–Kier alpha value is -3.22. The molecule has 0 N–H and O–H groups in total. The van der Waals surface area contributed by atoms with Gasteiger partial charge in [-0.2, -0.15) is 0 Å². The number of carbonyl (C=O) groups is 2. The number of para-hydroxylation sites is 1. The van der Waals surface area contributed by atoms with Gasteiger partial charge in [-0.15, -0.1) is 0 Å². The Labute approximate surface area is 181 Å². The van der Waals surface area contributed by atoms with Crippen LogP contribution in [0.15, 0.2) is 42.5 Å². The van der Waals surface area contributed by atoms with Gasteiger partial charge >= 0.3 is 5.97 Å². The number of fused-ring (bicyclic) bond motifs is 1. The van der Waals surface area contributed by atoms with E-state index in [9.17, 15) is 9.59 Å². The molecule has 0 bridgehead atoms. The molecule has 4 rings (SSSR count). The van der Waals surface area contributed by atoms with Crippen molar-refractivity contribution in [3.63, 3.8) is 0 Å². The van der Waals surface area contributed by atoms with Crippen LogP contribution in [0.5, 0.6) is 23.0 Å². The number of carbonyl (C=O) groups excluding carboxylic acids is 2. The third-order valence-electron chi connectivity index (χ3n) is 5.78. The van der Waals surface area contributed by atoms with Crippen molar-refractivity contribution in [3.05, 3.63) is 48.0 Å². The fraction of sp³-hybridized carbons (Fsp3) is 0.417. The van der Waals surface area contributed by atoms with E-state index >= 15 is 0 Å². The van der Waals surface area contributed by atoms with Gasteiger partial charge in [-0.1, -0.05) is 31.5 Å². The van der Waals surface area contributed by atoms with Crippen molar-refractivity contribution >= 4 is 11.9 Å². The molecular weight excluding hydrogens is 398 g/mol. The number of amides is 1. The van der Waals surface area contributed by atoms with Crippen molar-refractivity contribution in [3.8, 4) is 23.0 Å². The third-order valence-corrected chi connectivity index (χ3v) is 5.78. The lowest BCUT2D eigenvalue weighted by molar-refractivity contribution is -0.150. The molecule has 0 radical (unpaired) electrons. The number of piperidine rings is 1. The van der Waals surface area contributed by atoms with Crippen LogP contribution in [-0.4, -0.2) is 37.2 Å². The zero-order chi connectivity index (χ0) is 21.8. The Morgan fingerprint density at radius 3 is 2.77 bits per heavy atom.